The number of β-lactam (4-membered cyclic amide) rings is 1. The number of oxime groups is 1. The van der Waals surface area contributed by atoms with Crippen LogP contribution in [0.15, 0.2) is 21.6 Å². The van der Waals surface area contributed by atoms with Crippen LogP contribution in [-0.2, 0) is 25.8 Å². The summed E-state index contributed by atoms with van der Waals surface area (Å²) in [6.45, 7) is -0.236. The molecule has 2 aliphatic heterocycles. The zero-order chi connectivity index (χ0) is 20.4. The molecular formula is C13H15N7O6S2. The van der Waals surface area contributed by atoms with Crippen LogP contribution in [0.3, 0.4) is 0 Å². The topological polar surface area (TPSA) is 186 Å². The minimum atomic E-state index is -1.29. The number of hydrogen-bond donors (Lipinski definition) is 3. The standard InChI is InChI=1S/C13H15N7O6S2/c1-26-16-6(11(22)23)2-19-13(15-17-18-19)28-4-5-3-27-10-7(14)9(21)20(10)8(5)12(24)25/h7,10H,2-4,14H2,1H3,(H,22,23)(H,24,25)/b16-6-. The van der Waals surface area contributed by atoms with Gasteiger partial charge in [0.1, 0.15) is 24.2 Å². The summed E-state index contributed by atoms with van der Waals surface area (Å²) in [4.78, 5) is 40.5. The number of rotatable bonds is 8. The van der Waals surface area contributed by atoms with Crippen LogP contribution in [0, 0.1) is 0 Å². The summed E-state index contributed by atoms with van der Waals surface area (Å²) in [5, 5.41) is 33.0. The molecule has 1 fully saturated rings. The molecule has 0 aromatic carbocycles. The number of fused-ring (bicyclic) bond motifs is 1. The number of carboxylic acids is 2. The minimum absolute atomic E-state index is 0.0749. The highest BCUT2D eigenvalue weighted by Crippen LogP contribution is 2.40. The van der Waals surface area contributed by atoms with Crippen molar-refractivity contribution in [2.24, 2.45) is 10.9 Å². The van der Waals surface area contributed by atoms with Crippen molar-refractivity contribution in [3.8, 4) is 0 Å². The highest BCUT2D eigenvalue weighted by atomic mass is 32.2. The molecule has 4 N–H and O–H groups in total. The first-order chi connectivity index (χ1) is 13.3. The van der Waals surface area contributed by atoms with Crippen LogP contribution in [0.5, 0.6) is 0 Å². The van der Waals surface area contributed by atoms with Crippen molar-refractivity contribution in [3.05, 3.63) is 11.3 Å². The van der Waals surface area contributed by atoms with Crippen molar-refractivity contribution in [2.45, 2.75) is 23.1 Å². The number of nitrogens with two attached hydrogens (primary N) is 1. The van der Waals surface area contributed by atoms with Gasteiger partial charge in [-0.05, 0) is 16.0 Å². The number of aromatic nitrogens is 4. The fourth-order valence-electron chi connectivity index (χ4n) is 2.63. The Morgan fingerprint density at radius 3 is 2.86 bits per heavy atom. The maximum atomic E-state index is 12.0. The summed E-state index contributed by atoms with van der Waals surface area (Å²) in [7, 11) is 1.22. The molecule has 1 amide bonds. The lowest BCUT2D eigenvalue weighted by molar-refractivity contribution is -0.147. The molecule has 150 valence electrons. The van der Waals surface area contributed by atoms with E-state index in [1.54, 1.807) is 0 Å². The molecule has 0 saturated carbocycles. The molecular weight excluding hydrogens is 414 g/mol. The second-order valence-electron chi connectivity index (χ2n) is 5.63. The number of amides is 1. The lowest BCUT2D eigenvalue weighted by Crippen LogP contribution is -2.68. The molecule has 2 aliphatic rings. The number of hydrogen-bond acceptors (Lipinski definition) is 11. The fraction of sp³-hybridized carbons (Fsp3) is 0.462. The monoisotopic (exact) mass is 429 g/mol. The molecule has 28 heavy (non-hydrogen) atoms. The van der Waals surface area contributed by atoms with E-state index in [-0.39, 0.29) is 34.2 Å². The van der Waals surface area contributed by atoms with Gasteiger partial charge in [0.2, 0.25) is 11.1 Å². The van der Waals surface area contributed by atoms with Crippen LogP contribution in [0.4, 0.5) is 0 Å². The Kier molecular flexibility index (Phi) is 5.85. The normalized spacial score (nSPS) is 22.0. The van der Waals surface area contributed by atoms with Gasteiger partial charge in [0.15, 0.2) is 5.71 Å². The highest BCUT2D eigenvalue weighted by molar-refractivity contribution is 8.01. The molecule has 0 aliphatic carbocycles. The number of carboxylic acid groups (broad SMARTS) is 2. The van der Waals surface area contributed by atoms with Gasteiger partial charge in [-0.2, -0.15) is 0 Å². The predicted molar refractivity (Wildman–Crippen MR) is 96.4 cm³/mol. The van der Waals surface area contributed by atoms with Crippen molar-refractivity contribution in [2.75, 3.05) is 18.6 Å². The first-order valence-electron chi connectivity index (χ1n) is 7.73. The second-order valence-corrected chi connectivity index (χ2v) is 7.67. The molecule has 0 bridgehead atoms. The van der Waals surface area contributed by atoms with Gasteiger partial charge >= 0.3 is 11.9 Å². The van der Waals surface area contributed by atoms with E-state index in [9.17, 15) is 19.5 Å². The van der Waals surface area contributed by atoms with Crippen LogP contribution in [0.25, 0.3) is 0 Å². The summed E-state index contributed by atoms with van der Waals surface area (Å²) in [5.41, 5.74) is 5.86. The van der Waals surface area contributed by atoms with E-state index in [4.69, 9.17) is 10.8 Å². The first-order valence-corrected chi connectivity index (χ1v) is 9.76. The SMILES string of the molecule is CO/N=C(/Cn1nnnc1SCC1=C(C(=O)O)N2C(=O)C(N)C2SC1)C(=O)O. The first kappa shape index (κ1) is 20.1. The molecule has 2 unspecified atom stereocenters. The second kappa shape index (κ2) is 8.15. The Hall–Kier alpha value is -2.65. The van der Waals surface area contributed by atoms with Crippen molar-refractivity contribution < 1.29 is 29.4 Å². The third-order valence-electron chi connectivity index (χ3n) is 3.91. The zero-order valence-electron chi connectivity index (χ0n) is 14.4. The lowest BCUT2D eigenvalue weighted by Gasteiger charge is -2.48. The number of carbonyl (C=O) groups excluding carboxylic acids is 1. The fourth-order valence-corrected chi connectivity index (χ4v) is 4.94. The van der Waals surface area contributed by atoms with Crippen LogP contribution < -0.4 is 5.73 Å². The average Bonchev–Trinajstić information content (AvgIpc) is 3.11. The van der Waals surface area contributed by atoms with E-state index in [2.05, 4.69) is 25.5 Å². The molecule has 15 heteroatoms. The van der Waals surface area contributed by atoms with Gasteiger partial charge in [-0.3, -0.25) is 9.69 Å². The number of nitrogens with zero attached hydrogens (tertiary/aromatic N) is 6. The Bertz CT molecular complexity index is 884. The number of aliphatic carboxylic acids is 2. The van der Waals surface area contributed by atoms with E-state index in [0.29, 0.717) is 11.3 Å². The van der Waals surface area contributed by atoms with Gasteiger partial charge in [-0.25, -0.2) is 14.3 Å². The van der Waals surface area contributed by atoms with E-state index >= 15 is 0 Å². The van der Waals surface area contributed by atoms with E-state index < -0.39 is 23.9 Å². The smallest absolute Gasteiger partial charge is 0.355 e. The molecule has 3 rings (SSSR count). The summed E-state index contributed by atoms with van der Waals surface area (Å²) in [6.07, 6.45) is 0. The average molecular weight is 429 g/mol. The number of thioether (sulfide) groups is 2. The number of tetrazole rings is 1. The van der Waals surface area contributed by atoms with Crippen molar-refractivity contribution in [1.82, 2.24) is 25.1 Å². The van der Waals surface area contributed by atoms with E-state index in [0.717, 1.165) is 11.8 Å². The highest BCUT2D eigenvalue weighted by Gasteiger charge is 2.51. The summed E-state index contributed by atoms with van der Waals surface area (Å²) in [5.74, 6) is -2.33. The Morgan fingerprint density at radius 2 is 2.21 bits per heavy atom. The third-order valence-corrected chi connectivity index (χ3v) is 6.32. The molecule has 13 nitrogen and oxygen atoms in total. The predicted octanol–water partition coefficient (Wildman–Crippen LogP) is -1.57. The van der Waals surface area contributed by atoms with Gasteiger partial charge < -0.3 is 20.8 Å². The number of carbonyl (C=O) groups is 3. The maximum absolute atomic E-state index is 12.0. The van der Waals surface area contributed by atoms with Gasteiger partial charge in [-0.15, -0.1) is 16.9 Å². The van der Waals surface area contributed by atoms with Gasteiger partial charge in [-0.1, -0.05) is 16.9 Å². The Labute approximate surface area is 165 Å². The Balaban J connectivity index is 1.76. The van der Waals surface area contributed by atoms with Crippen molar-refractivity contribution in [3.63, 3.8) is 0 Å². The molecule has 2 atom stereocenters. The molecule has 0 radical (unpaired) electrons. The maximum Gasteiger partial charge on any atom is 0.355 e. The van der Waals surface area contributed by atoms with Crippen LogP contribution >= 0.6 is 23.5 Å². The minimum Gasteiger partial charge on any atom is -0.477 e. The molecule has 3 heterocycles. The van der Waals surface area contributed by atoms with Crippen LogP contribution in [0.2, 0.25) is 0 Å². The summed E-state index contributed by atoms with van der Waals surface area (Å²) < 4.78 is 1.21. The molecule has 0 spiro atoms. The zero-order valence-corrected chi connectivity index (χ0v) is 16.0. The van der Waals surface area contributed by atoms with Crippen LogP contribution in [0.1, 0.15) is 0 Å². The van der Waals surface area contributed by atoms with Gasteiger partial charge in [0.05, 0.1) is 6.54 Å². The third kappa shape index (κ3) is 3.67. The lowest BCUT2D eigenvalue weighted by atomic mass is 10.0. The molecule has 1 aromatic rings. The molecule has 1 aromatic heterocycles. The van der Waals surface area contributed by atoms with E-state index in [1.165, 1.54) is 28.5 Å². The largest absolute Gasteiger partial charge is 0.477 e. The molecule has 1 saturated heterocycles. The van der Waals surface area contributed by atoms with Gasteiger partial charge in [0.25, 0.3) is 0 Å². The van der Waals surface area contributed by atoms with Gasteiger partial charge in [0, 0.05) is 11.5 Å². The van der Waals surface area contributed by atoms with Crippen molar-refractivity contribution in [1.29, 1.82) is 0 Å². The summed E-state index contributed by atoms with van der Waals surface area (Å²) in [6, 6.07) is -0.699. The quantitative estimate of drug-likeness (QED) is 0.187. The Morgan fingerprint density at radius 1 is 1.46 bits per heavy atom. The van der Waals surface area contributed by atoms with Crippen molar-refractivity contribution >= 4 is 47.1 Å². The van der Waals surface area contributed by atoms with Crippen LogP contribution in [-0.4, -0.2) is 88.9 Å². The van der Waals surface area contributed by atoms with E-state index in [1.807, 2.05) is 0 Å². The summed E-state index contributed by atoms with van der Waals surface area (Å²) >= 11 is 2.51.